The van der Waals surface area contributed by atoms with Gasteiger partial charge >= 0.3 is 0 Å². The molecule has 0 amide bonds. The van der Waals surface area contributed by atoms with Crippen LogP contribution in [0, 0.1) is 5.92 Å². The molecule has 1 heterocycles. The summed E-state index contributed by atoms with van der Waals surface area (Å²) in [6, 6.07) is 1.82. The first-order valence-corrected chi connectivity index (χ1v) is 5.57. The summed E-state index contributed by atoms with van der Waals surface area (Å²) in [6.07, 6.45) is 2.41. The average Bonchev–Trinajstić information content (AvgIpc) is 2.16. The molecule has 1 rings (SSSR count). The van der Waals surface area contributed by atoms with Crippen LogP contribution >= 0.6 is 12.2 Å². The summed E-state index contributed by atoms with van der Waals surface area (Å²) in [5.74, 6) is 0.405. The molecule has 1 aromatic heterocycles. The number of rotatable bonds is 3. The first-order valence-electron chi connectivity index (χ1n) is 5.16. The van der Waals surface area contributed by atoms with Crippen LogP contribution in [0.3, 0.4) is 0 Å². The molecule has 5 heteroatoms. The molecule has 0 aliphatic rings. The van der Waals surface area contributed by atoms with E-state index in [4.69, 9.17) is 18.0 Å². The van der Waals surface area contributed by atoms with Gasteiger partial charge in [-0.25, -0.2) is 0 Å². The third-order valence-corrected chi connectivity index (χ3v) is 2.34. The number of aryl methyl sites for hydroxylation is 1. The van der Waals surface area contributed by atoms with Gasteiger partial charge in [0.05, 0.1) is 5.69 Å². The number of hydrogen-bond donors (Lipinski definition) is 2. The van der Waals surface area contributed by atoms with Crippen molar-refractivity contribution in [3.8, 4) is 0 Å². The minimum atomic E-state index is -0.00468. The molecule has 0 aliphatic carbocycles. The lowest BCUT2D eigenvalue weighted by Gasteiger charge is -2.13. The fourth-order valence-electron chi connectivity index (χ4n) is 1.54. The zero-order chi connectivity index (χ0) is 12.3. The van der Waals surface area contributed by atoms with Crippen molar-refractivity contribution < 1.29 is 0 Å². The van der Waals surface area contributed by atoms with Crippen LogP contribution in [0.1, 0.15) is 19.4 Å². The van der Waals surface area contributed by atoms with Gasteiger partial charge in [-0.1, -0.05) is 13.8 Å². The van der Waals surface area contributed by atoms with Crippen LogP contribution in [0.15, 0.2) is 17.1 Å². The van der Waals surface area contributed by atoms with Gasteiger partial charge in [0.1, 0.15) is 0 Å². The largest absolute Gasteiger partial charge is 0.376 e. The Hall–Kier alpha value is -1.36. The zero-order valence-corrected chi connectivity index (χ0v) is 10.6. The van der Waals surface area contributed by atoms with Gasteiger partial charge in [-0.2, -0.15) is 0 Å². The monoisotopic (exact) mass is 239 g/mol. The first kappa shape index (κ1) is 12.7. The summed E-state index contributed by atoms with van der Waals surface area (Å²) < 4.78 is 1.56. The van der Waals surface area contributed by atoms with Crippen LogP contribution in [0.2, 0.25) is 0 Å². The molecular weight excluding hydrogens is 222 g/mol. The van der Waals surface area contributed by atoms with Gasteiger partial charge in [-0.3, -0.25) is 4.79 Å². The number of hydrogen-bond acceptors (Lipinski definition) is 2. The maximum absolute atomic E-state index is 11.9. The summed E-state index contributed by atoms with van der Waals surface area (Å²) in [5.41, 5.74) is 6.86. The van der Waals surface area contributed by atoms with E-state index in [-0.39, 0.29) is 10.7 Å². The van der Waals surface area contributed by atoms with Gasteiger partial charge in [0.2, 0.25) is 0 Å². The molecule has 0 saturated heterocycles. The van der Waals surface area contributed by atoms with Gasteiger partial charge in [0, 0.05) is 18.8 Å². The molecule has 4 nitrogen and oxygen atoms in total. The first-order chi connectivity index (χ1) is 7.41. The summed E-state index contributed by atoms with van der Waals surface area (Å²) in [5, 5.41) is 3.02. The molecule has 16 heavy (non-hydrogen) atoms. The van der Waals surface area contributed by atoms with Gasteiger partial charge in [-0.15, -0.1) is 0 Å². The lowest BCUT2D eigenvalue weighted by atomic mass is 10.0. The second-order valence-electron chi connectivity index (χ2n) is 4.21. The number of nitrogens with two attached hydrogens (primary N) is 1. The smallest absolute Gasteiger partial charge is 0.255 e. The maximum Gasteiger partial charge on any atom is 0.255 e. The molecule has 0 radical (unpaired) electrons. The van der Waals surface area contributed by atoms with Gasteiger partial charge in [-0.05, 0) is 30.6 Å². The number of anilines is 1. The van der Waals surface area contributed by atoms with E-state index in [9.17, 15) is 4.79 Å². The van der Waals surface area contributed by atoms with E-state index < -0.39 is 0 Å². The van der Waals surface area contributed by atoms with Crippen molar-refractivity contribution >= 4 is 23.0 Å². The van der Waals surface area contributed by atoms with E-state index >= 15 is 0 Å². The summed E-state index contributed by atoms with van der Waals surface area (Å²) in [4.78, 5) is 11.9. The van der Waals surface area contributed by atoms with Crippen molar-refractivity contribution in [3.05, 3.63) is 28.2 Å². The molecule has 0 unspecified atom stereocenters. The Balaban J connectivity index is 3.21. The van der Waals surface area contributed by atoms with Crippen molar-refractivity contribution in [1.82, 2.24) is 4.57 Å². The third kappa shape index (κ3) is 3.06. The molecular formula is C11H17N3OS. The molecule has 0 bridgehead atoms. The highest BCUT2D eigenvalue weighted by Crippen LogP contribution is 2.14. The Morgan fingerprint density at radius 3 is 2.75 bits per heavy atom. The Morgan fingerprint density at radius 1 is 1.62 bits per heavy atom. The van der Waals surface area contributed by atoms with Gasteiger partial charge < -0.3 is 15.6 Å². The van der Waals surface area contributed by atoms with E-state index in [1.54, 1.807) is 17.8 Å². The summed E-state index contributed by atoms with van der Waals surface area (Å²) >= 11 is 4.78. The molecule has 88 valence electrons. The molecule has 0 fully saturated rings. The third-order valence-electron chi connectivity index (χ3n) is 2.24. The van der Waals surface area contributed by atoms with Crippen molar-refractivity contribution in [1.29, 1.82) is 0 Å². The van der Waals surface area contributed by atoms with E-state index in [1.165, 1.54) is 0 Å². The molecule has 0 aliphatic heterocycles. The second kappa shape index (κ2) is 5.12. The molecule has 1 aromatic rings. The minimum absolute atomic E-state index is 0.00468. The normalized spacial score (nSPS) is 10.5. The minimum Gasteiger partial charge on any atom is -0.376 e. The van der Waals surface area contributed by atoms with E-state index in [1.807, 2.05) is 6.07 Å². The molecule has 0 aromatic carbocycles. The van der Waals surface area contributed by atoms with Gasteiger partial charge in [0.25, 0.3) is 5.56 Å². The fraction of sp³-hybridized carbons (Fsp3) is 0.455. The van der Waals surface area contributed by atoms with Crippen molar-refractivity contribution in [2.24, 2.45) is 18.7 Å². The average molecular weight is 239 g/mol. The van der Waals surface area contributed by atoms with Crippen LogP contribution in [0.4, 0.5) is 5.69 Å². The maximum atomic E-state index is 11.9. The molecule has 3 N–H and O–H groups in total. The predicted molar refractivity (Wildman–Crippen MR) is 70.6 cm³/mol. The number of pyridine rings is 1. The van der Waals surface area contributed by atoms with Gasteiger partial charge in [0.15, 0.2) is 5.11 Å². The zero-order valence-electron chi connectivity index (χ0n) is 9.78. The second-order valence-corrected chi connectivity index (χ2v) is 4.65. The number of nitrogens with one attached hydrogen (secondary N) is 1. The number of nitrogens with zero attached hydrogens (tertiary/aromatic N) is 1. The van der Waals surface area contributed by atoms with Crippen LogP contribution in [0.25, 0.3) is 0 Å². The molecule has 0 atom stereocenters. The topological polar surface area (TPSA) is 60.0 Å². The van der Waals surface area contributed by atoms with E-state index in [0.717, 1.165) is 5.56 Å². The van der Waals surface area contributed by atoms with E-state index in [0.29, 0.717) is 18.0 Å². The van der Waals surface area contributed by atoms with Crippen molar-refractivity contribution in [2.45, 2.75) is 20.3 Å². The number of aromatic nitrogens is 1. The van der Waals surface area contributed by atoms with Crippen LogP contribution in [-0.2, 0) is 13.5 Å². The van der Waals surface area contributed by atoms with E-state index in [2.05, 4.69) is 19.2 Å². The Morgan fingerprint density at radius 2 is 2.25 bits per heavy atom. The molecule has 0 saturated carbocycles. The van der Waals surface area contributed by atoms with Crippen LogP contribution < -0.4 is 16.6 Å². The SMILES string of the molecule is CC(C)Cc1c(NC(N)=S)ccn(C)c1=O. The lowest BCUT2D eigenvalue weighted by Crippen LogP contribution is -2.27. The summed E-state index contributed by atoms with van der Waals surface area (Å²) in [6.45, 7) is 4.13. The van der Waals surface area contributed by atoms with Crippen LogP contribution in [0.5, 0.6) is 0 Å². The Labute approximate surface area is 100 Å². The summed E-state index contributed by atoms with van der Waals surface area (Å²) in [7, 11) is 1.73. The fourth-order valence-corrected chi connectivity index (χ4v) is 1.65. The van der Waals surface area contributed by atoms with Crippen LogP contribution in [-0.4, -0.2) is 9.68 Å². The molecule has 0 spiro atoms. The highest BCUT2D eigenvalue weighted by atomic mass is 32.1. The highest BCUT2D eigenvalue weighted by molar-refractivity contribution is 7.80. The van der Waals surface area contributed by atoms with Crippen molar-refractivity contribution in [3.63, 3.8) is 0 Å². The predicted octanol–water partition coefficient (Wildman–Crippen LogP) is 1.24. The Kier molecular flexibility index (Phi) is 4.06. The standard InChI is InChI=1S/C11H17N3OS/c1-7(2)6-8-9(13-11(12)16)4-5-14(3)10(8)15/h4-5,7H,6H2,1-3H3,(H3,12,13,16). The lowest BCUT2D eigenvalue weighted by molar-refractivity contribution is 0.637. The quantitative estimate of drug-likeness (QED) is 0.779. The van der Waals surface area contributed by atoms with Crippen molar-refractivity contribution in [2.75, 3.05) is 5.32 Å². The highest BCUT2D eigenvalue weighted by Gasteiger charge is 2.10. The number of thiocarbonyl (C=S) groups is 1. The Bertz CT molecular complexity index is 451.